The molecule has 98 valence electrons. The normalized spacial score (nSPS) is 24.1. The zero-order valence-corrected chi connectivity index (χ0v) is 10.8. The van der Waals surface area contributed by atoms with E-state index < -0.39 is 0 Å². The number of aliphatic hydroxyl groups excluding tert-OH is 1. The number of nitrogens with zero attached hydrogens (tertiary/aromatic N) is 1. The maximum atomic E-state index is 10.8. The molecule has 1 heterocycles. The number of rotatable bonds is 3. The highest BCUT2D eigenvalue weighted by Gasteiger charge is 2.25. The van der Waals surface area contributed by atoms with Crippen molar-refractivity contribution in [3.63, 3.8) is 0 Å². The molecule has 0 aliphatic carbocycles. The Kier molecular flexibility index (Phi) is 3.99. The molecule has 2 unspecified atom stereocenters. The van der Waals surface area contributed by atoms with Gasteiger partial charge in [-0.15, -0.1) is 0 Å². The Labute approximate surface area is 107 Å². The minimum atomic E-state index is -0.132. The molecule has 0 bridgehead atoms. The molecule has 1 aromatic rings. The van der Waals surface area contributed by atoms with Gasteiger partial charge in [0.2, 0.25) is 0 Å². The highest BCUT2D eigenvalue weighted by Crippen LogP contribution is 2.23. The average Bonchev–Trinajstić information content (AvgIpc) is 2.39. The summed E-state index contributed by atoms with van der Waals surface area (Å²) in [4.78, 5) is 13.0. The first-order valence-electron chi connectivity index (χ1n) is 6.20. The van der Waals surface area contributed by atoms with Gasteiger partial charge in [0.15, 0.2) is 0 Å². The monoisotopic (exact) mass is 249 g/mol. The lowest BCUT2D eigenvalue weighted by atomic mass is 10.1. The molecular weight excluding hydrogens is 230 g/mol. The molecule has 0 aromatic heterocycles. The van der Waals surface area contributed by atoms with Crippen LogP contribution in [-0.4, -0.2) is 43.3 Å². The minimum Gasteiger partial charge on any atom is -0.394 e. The van der Waals surface area contributed by atoms with Crippen LogP contribution < -0.4 is 4.90 Å². The van der Waals surface area contributed by atoms with Crippen LogP contribution in [-0.2, 0) is 4.74 Å². The lowest BCUT2D eigenvalue weighted by molar-refractivity contribution is -0.0103. The van der Waals surface area contributed by atoms with E-state index in [2.05, 4.69) is 11.8 Å². The van der Waals surface area contributed by atoms with Crippen LogP contribution in [0.3, 0.4) is 0 Å². The van der Waals surface area contributed by atoms with E-state index in [4.69, 9.17) is 4.74 Å². The Morgan fingerprint density at radius 1 is 1.56 bits per heavy atom. The molecule has 0 spiro atoms. The van der Waals surface area contributed by atoms with E-state index in [1.165, 1.54) is 0 Å². The van der Waals surface area contributed by atoms with Crippen molar-refractivity contribution >= 4 is 12.0 Å². The second-order valence-corrected chi connectivity index (χ2v) is 4.80. The van der Waals surface area contributed by atoms with E-state index in [0.29, 0.717) is 13.2 Å². The highest BCUT2D eigenvalue weighted by molar-refractivity contribution is 5.78. The number of aliphatic hydroxyl groups is 1. The number of aldehydes is 1. The van der Waals surface area contributed by atoms with Gasteiger partial charge in [0.25, 0.3) is 0 Å². The van der Waals surface area contributed by atoms with E-state index in [1.54, 1.807) is 0 Å². The summed E-state index contributed by atoms with van der Waals surface area (Å²) in [5, 5.41) is 9.18. The van der Waals surface area contributed by atoms with E-state index in [1.807, 2.05) is 25.1 Å². The number of aryl methyl sites for hydroxylation is 1. The first-order chi connectivity index (χ1) is 8.65. The third-order valence-corrected chi connectivity index (χ3v) is 3.42. The van der Waals surface area contributed by atoms with Crippen LogP contribution in [0.4, 0.5) is 5.69 Å². The molecule has 1 N–H and O–H groups in total. The Bertz CT molecular complexity index is 433. The summed E-state index contributed by atoms with van der Waals surface area (Å²) in [6, 6.07) is 6.08. The van der Waals surface area contributed by atoms with Gasteiger partial charge in [0.1, 0.15) is 6.29 Å². The first kappa shape index (κ1) is 13.1. The van der Waals surface area contributed by atoms with Crippen molar-refractivity contribution < 1.29 is 14.6 Å². The predicted molar refractivity (Wildman–Crippen MR) is 70.2 cm³/mol. The fourth-order valence-corrected chi connectivity index (χ4v) is 2.26. The van der Waals surface area contributed by atoms with Gasteiger partial charge in [-0.2, -0.15) is 0 Å². The Hall–Kier alpha value is -1.39. The zero-order chi connectivity index (χ0) is 13.1. The van der Waals surface area contributed by atoms with Crippen molar-refractivity contribution in [1.29, 1.82) is 0 Å². The third-order valence-electron chi connectivity index (χ3n) is 3.42. The lowest BCUT2D eigenvalue weighted by Crippen LogP contribution is -2.49. The Morgan fingerprint density at radius 3 is 2.94 bits per heavy atom. The van der Waals surface area contributed by atoms with Crippen molar-refractivity contribution in [3.05, 3.63) is 29.3 Å². The highest BCUT2D eigenvalue weighted by atomic mass is 16.5. The second kappa shape index (κ2) is 5.50. The van der Waals surface area contributed by atoms with Crippen LogP contribution in [0.2, 0.25) is 0 Å². The number of carbonyl (C=O) groups is 1. The van der Waals surface area contributed by atoms with Crippen molar-refractivity contribution in [2.75, 3.05) is 24.7 Å². The molecule has 2 atom stereocenters. The Morgan fingerprint density at radius 2 is 2.33 bits per heavy atom. The minimum absolute atomic E-state index is 0.0363. The quantitative estimate of drug-likeness (QED) is 0.823. The van der Waals surface area contributed by atoms with Gasteiger partial charge in [-0.05, 0) is 37.6 Å². The van der Waals surface area contributed by atoms with Crippen molar-refractivity contribution in [2.45, 2.75) is 26.0 Å². The van der Waals surface area contributed by atoms with Crippen LogP contribution in [0.5, 0.6) is 0 Å². The van der Waals surface area contributed by atoms with Gasteiger partial charge < -0.3 is 14.7 Å². The molecule has 0 radical (unpaired) electrons. The molecule has 1 aliphatic rings. The predicted octanol–water partition coefficient (Wildman–Crippen LogP) is 1.39. The van der Waals surface area contributed by atoms with Crippen LogP contribution in [0, 0.1) is 6.92 Å². The maximum absolute atomic E-state index is 10.8. The van der Waals surface area contributed by atoms with Crippen LogP contribution >= 0.6 is 0 Å². The summed E-state index contributed by atoms with van der Waals surface area (Å²) in [5.41, 5.74) is 2.77. The summed E-state index contributed by atoms with van der Waals surface area (Å²) in [6.45, 7) is 5.35. The second-order valence-electron chi connectivity index (χ2n) is 4.80. The summed E-state index contributed by atoms with van der Waals surface area (Å²) >= 11 is 0. The van der Waals surface area contributed by atoms with Crippen LogP contribution in [0.15, 0.2) is 18.2 Å². The van der Waals surface area contributed by atoms with Gasteiger partial charge in [-0.3, -0.25) is 4.79 Å². The molecule has 0 amide bonds. The van der Waals surface area contributed by atoms with E-state index in [9.17, 15) is 9.90 Å². The van der Waals surface area contributed by atoms with Crippen molar-refractivity contribution in [1.82, 2.24) is 0 Å². The number of ether oxygens (including phenoxy) is 1. The van der Waals surface area contributed by atoms with Crippen molar-refractivity contribution in [2.24, 2.45) is 0 Å². The number of carbonyl (C=O) groups excluding carboxylic acids is 1. The smallest absolute Gasteiger partial charge is 0.150 e. The van der Waals surface area contributed by atoms with Gasteiger partial charge in [0.05, 0.1) is 19.3 Å². The molecule has 2 rings (SSSR count). The van der Waals surface area contributed by atoms with Gasteiger partial charge >= 0.3 is 0 Å². The molecule has 1 fully saturated rings. The fourth-order valence-electron chi connectivity index (χ4n) is 2.26. The van der Waals surface area contributed by atoms with Gasteiger partial charge in [-0.1, -0.05) is 0 Å². The number of anilines is 1. The molecular formula is C14H19NO3. The first-order valence-corrected chi connectivity index (χ1v) is 6.20. The number of hydrogen-bond acceptors (Lipinski definition) is 4. The largest absolute Gasteiger partial charge is 0.394 e. The summed E-state index contributed by atoms with van der Waals surface area (Å²) < 4.78 is 5.52. The SMILES string of the molecule is Cc1cc(N2CC(CO)OCC2C)ccc1C=O. The molecule has 4 nitrogen and oxygen atoms in total. The summed E-state index contributed by atoms with van der Waals surface area (Å²) in [6.07, 6.45) is 0.741. The van der Waals surface area contributed by atoms with E-state index in [0.717, 1.165) is 23.1 Å². The van der Waals surface area contributed by atoms with Gasteiger partial charge in [0, 0.05) is 23.8 Å². The molecule has 1 aromatic carbocycles. The third kappa shape index (κ3) is 2.54. The number of hydrogen-bond donors (Lipinski definition) is 1. The van der Waals surface area contributed by atoms with Crippen LogP contribution in [0.25, 0.3) is 0 Å². The van der Waals surface area contributed by atoms with E-state index >= 15 is 0 Å². The summed E-state index contributed by atoms with van der Waals surface area (Å²) in [5.74, 6) is 0. The topological polar surface area (TPSA) is 49.8 Å². The summed E-state index contributed by atoms with van der Waals surface area (Å²) in [7, 11) is 0. The number of morpholine rings is 1. The zero-order valence-electron chi connectivity index (χ0n) is 10.8. The molecule has 18 heavy (non-hydrogen) atoms. The van der Waals surface area contributed by atoms with Crippen LogP contribution in [0.1, 0.15) is 22.8 Å². The van der Waals surface area contributed by atoms with Crippen molar-refractivity contribution in [3.8, 4) is 0 Å². The van der Waals surface area contributed by atoms with E-state index in [-0.39, 0.29) is 18.8 Å². The van der Waals surface area contributed by atoms with Gasteiger partial charge in [-0.25, -0.2) is 0 Å². The molecule has 4 heteroatoms. The lowest BCUT2D eigenvalue weighted by Gasteiger charge is -2.39. The average molecular weight is 249 g/mol. The number of benzene rings is 1. The molecule has 1 saturated heterocycles. The molecule has 0 saturated carbocycles. The Balaban J connectivity index is 2.23. The standard InChI is InChI=1S/C14H19NO3/c1-10-5-13(4-3-12(10)7-16)15-6-14(8-17)18-9-11(15)2/h3-5,7,11,14,17H,6,8-9H2,1-2H3. The molecule has 1 aliphatic heterocycles. The maximum Gasteiger partial charge on any atom is 0.150 e. The fraction of sp³-hybridized carbons (Fsp3) is 0.500.